The Morgan fingerprint density at radius 2 is 1.91 bits per heavy atom. The molecule has 1 atom stereocenters. The van der Waals surface area contributed by atoms with Crippen LogP contribution in [0.2, 0.25) is 0 Å². The van der Waals surface area contributed by atoms with Crippen molar-refractivity contribution >= 4 is 17.9 Å². The third kappa shape index (κ3) is 7.86. The molecule has 0 aromatic rings. The van der Waals surface area contributed by atoms with Gasteiger partial charge >= 0.3 is 0 Å². The molecule has 0 bridgehead atoms. The van der Waals surface area contributed by atoms with Gasteiger partial charge in [0.1, 0.15) is 6.29 Å². The van der Waals surface area contributed by atoms with E-state index < -0.39 is 0 Å². The third-order valence-electron chi connectivity index (χ3n) is 1.73. The summed E-state index contributed by atoms with van der Waals surface area (Å²) in [5.41, 5.74) is 0. The second-order valence-corrected chi connectivity index (χ2v) is 3.42. The van der Waals surface area contributed by atoms with Crippen molar-refractivity contribution in [2.24, 2.45) is 0 Å². The van der Waals surface area contributed by atoms with Crippen molar-refractivity contribution in [3.05, 3.63) is 0 Å². The number of halogens is 1. The number of alkyl halides is 1. The minimum Gasteiger partial charge on any atom is -0.302 e. The average molecular weight is 177 g/mol. The first-order chi connectivity index (χ1) is 5.31. The molecule has 66 valence electrons. The summed E-state index contributed by atoms with van der Waals surface area (Å²) in [6.45, 7) is 2.19. The van der Waals surface area contributed by atoms with E-state index in [1.165, 1.54) is 25.7 Å². The first-order valence-electron chi connectivity index (χ1n) is 4.40. The zero-order chi connectivity index (χ0) is 8.53. The van der Waals surface area contributed by atoms with Crippen molar-refractivity contribution in [2.45, 2.75) is 50.8 Å². The van der Waals surface area contributed by atoms with Crippen molar-refractivity contribution in [1.29, 1.82) is 0 Å². The average Bonchev–Trinajstić information content (AvgIpc) is 2.04. The standard InChI is InChI=1S/C9H17ClO/c1-2-3-4-5-6-7-9(10)8-11/h8-9H,2-7H2,1H3. The monoisotopic (exact) mass is 176 g/mol. The van der Waals surface area contributed by atoms with E-state index in [4.69, 9.17) is 11.6 Å². The van der Waals surface area contributed by atoms with Gasteiger partial charge in [-0.2, -0.15) is 0 Å². The van der Waals surface area contributed by atoms with Crippen LogP contribution in [0.3, 0.4) is 0 Å². The van der Waals surface area contributed by atoms with E-state index in [2.05, 4.69) is 6.92 Å². The van der Waals surface area contributed by atoms with Gasteiger partial charge < -0.3 is 4.79 Å². The van der Waals surface area contributed by atoms with Gasteiger partial charge in [-0.1, -0.05) is 39.0 Å². The first-order valence-corrected chi connectivity index (χ1v) is 4.84. The van der Waals surface area contributed by atoms with Crippen molar-refractivity contribution in [3.8, 4) is 0 Å². The summed E-state index contributed by atoms with van der Waals surface area (Å²) in [7, 11) is 0. The number of rotatable bonds is 7. The molecule has 0 aromatic carbocycles. The Labute approximate surface area is 74.1 Å². The van der Waals surface area contributed by atoms with Gasteiger partial charge in [0, 0.05) is 0 Å². The maximum absolute atomic E-state index is 10.1. The summed E-state index contributed by atoms with van der Waals surface area (Å²) in [5.74, 6) is 0. The topological polar surface area (TPSA) is 17.1 Å². The molecule has 0 spiro atoms. The second-order valence-electron chi connectivity index (χ2n) is 2.85. The van der Waals surface area contributed by atoms with Gasteiger partial charge in [-0.05, 0) is 6.42 Å². The highest BCUT2D eigenvalue weighted by Crippen LogP contribution is 2.09. The summed E-state index contributed by atoms with van der Waals surface area (Å²) in [4.78, 5) is 10.1. The Balaban J connectivity index is 2.95. The van der Waals surface area contributed by atoms with Crippen LogP contribution in [0.5, 0.6) is 0 Å². The third-order valence-corrected chi connectivity index (χ3v) is 2.05. The molecule has 0 radical (unpaired) electrons. The van der Waals surface area contributed by atoms with E-state index in [1.54, 1.807) is 0 Å². The molecule has 0 aliphatic heterocycles. The van der Waals surface area contributed by atoms with Crippen LogP contribution < -0.4 is 0 Å². The van der Waals surface area contributed by atoms with Gasteiger partial charge in [-0.15, -0.1) is 11.6 Å². The lowest BCUT2D eigenvalue weighted by molar-refractivity contribution is -0.107. The van der Waals surface area contributed by atoms with Crippen LogP contribution in [0, 0.1) is 0 Å². The Morgan fingerprint density at radius 1 is 1.27 bits per heavy atom. The number of unbranched alkanes of at least 4 members (excludes halogenated alkanes) is 4. The van der Waals surface area contributed by atoms with Crippen LogP contribution in [-0.2, 0) is 4.79 Å². The largest absolute Gasteiger partial charge is 0.302 e. The Morgan fingerprint density at radius 3 is 2.45 bits per heavy atom. The van der Waals surface area contributed by atoms with Crippen LogP contribution in [-0.4, -0.2) is 11.7 Å². The number of carbonyl (C=O) groups excluding carboxylic acids is 1. The maximum Gasteiger partial charge on any atom is 0.137 e. The fourth-order valence-electron chi connectivity index (χ4n) is 1.01. The molecular weight excluding hydrogens is 160 g/mol. The molecule has 2 heteroatoms. The van der Waals surface area contributed by atoms with Crippen molar-refractivity contribution in [3.63, 3.8) is 0 Å². The summed E-state index contributed by atoms with van der Waals surface area (Å²) in [6.07, 6.45) is 7.80. The highest BCUT2D eigenvalue weighted by Gasteiger charge is 1.99. The molecule has 0 fully saturated rings. The van der Waals surface area contributed by atoms with Crippen LogP contribution >= 0.6 is 11.6 Å². The predicted molar refractivity (Wildman–Crippen MR) is 49.1 cm³/mol. The molecular formula is C9H17ClO. The lowest BCUT2D eigenvalue weighted by Gasteiger charge is -2.00. The smallest absolute Gasteiger partial charge is 0.137 e. The Hall–Kier alpha value is -0.0400. The van der Waals surface area contributed by atoms with E-state index in [1.807, 2.05) is 0 Å². The highest BCUT2D eigenvalue weighted by molar-refractivity contribution is 6.27. The van der Waals surface area contributed by atoms with E-state index in [0.29, 0.717) is 0 Å². The maximum atomic E-state index is 10.1. The SMILES string of the molecule is CCCCCCCC(Cl)C=O. The highest BCUT2D eigenvalue weighted by atomic mass is 35.5. The minimum atomic E-state index is -0.253. The fraction of sp³-hybridized carbons (Fsp3) is 0.889. The lowest BCUT2D eigenvalue weighted by Crippen LogP contribution is -1.98. The van der Waals surface area contributed by atoms with Gasteiger partial charge in [0.05, 0.1) is 5.38 Å². The van der Waals surface area contributed by atoms with E-state index in [9.17, 15) is 4.79 Å². The van der Waals surface area contributed by atoms with Gasteiger partial charge in [0.15, 0.2) is 0 Å². The van der Waals surface area contributed by atoms with E-state index in [0.717, 1.165) is 19.1 Å². The molecule has 1 unspecified atom stereocenters. The molecule has 0 rings (SSSR count). The minimum absolute atomic E-state index is 0.253. The van der Waals surface area contributed by atoms with Gasteiger partial charge in [-0.25, -0.2) is 0 Å². The predicted octanol–water partition coefficient (Wildman–Crippen LogP) is 3.15. The van der Waals surface area contributed by atoms with Crippen LogP contribution in [0.4, 0.5) is 0 Å². The summed E-state index contributed by atoms with van der Waals surface area (Å²) >= 11 is 5.61. The molecule has 0 aromatic heterocycles. The van der Waals surface area contributed by atoms with E-state index >= 15 is 0 Å². The molecule has 1 nitrogen and oxygen atoms in total. The van der Waals surface area contributed by atoms with Gasteiger partial charge in [0.25, 0.3) is 0 Å². The summed E-state index contributed by atoms with van der Waals surface area (Å²) < 4.78 is 0. The fourth-order valence-corrected chi connectivity index (χ4v) is 1.17. The number of aldehydes is 1. The van der Waals surface area contributed by atoms with Crippen molar-refractivity contribution < 1.29 is 4.79 Å². The summed E-state index contributed by atoms with van der Waals surface area (Å²) in [6, 6.07) is 0. The van der Waals surface area contributed by atoms with Gasteiger partial charge in [-0.3, -0.25) is 0 Å². The molecule has 0 N–H and O–H groups in total. The van der Waals surface area contributed by atoms with Crippen molar-refractivity contribution in [2.75, 3.05) is 0 Å². The van der Waals surface area contributed by atoms with Gasteiger partial charge in [0.2, 0.25) is 0 Å². The quantitative estimate of drug-likeness (QED) is 0.331. The van der Waals surface area contributed by atoms with Crippen molar-refractivity contribution in [1.82, 2.24) is 0 Å². The van der Waals surface area contributed by atoms with Crippen LogP contribution in [0.1, 0.15) is 45.4 Å². The summed E-state index contributed by atoms with van der Waals surface area (Å²) in [5, 5.41) is -0.253. The molecule has 0 heterocycles. The second kappa shape index (κ2) is 8.06. The lowest BCUT2D eigenvalue weighted by atomic mass is 10.1. The Kier molecular flexibility index (Phi) is 8.03. The molecule has 11 heavy (non-hydrogen) atoms. The normalized spacial score (nSPS) is 12.9. The molecule has 0 aliphatic rings. The molecule has 0 saturated carbocycles. The molecule has 0 amide bonds. The molecule has 0 saturated heterocycles. The number of carbonyl (C=O) groups is 1. The zero-order valence-corrected chi connectivity index (χ0v) is 7.94. The first kappa shape index (κ1) is 11.0. The zero-order valence-electron chi connectivity index (χ0n) is 7.18. The number of hydrogen-bond acceptors (Lipinski definition) is 1. The van der Waals surface area contributed by atoms with E-state index in [-0.39, 0.29) is 5.38 Å². The number of hydrogen-bond donors (Lipinski definition) is 0. The van der Waals surface area contributed by atoms with Crippen LogP contribution in [0.25, 0.3) is 0 Å². The molecule has 0 aliphatic carbocycles. The van der Waals surface area contributed by atoms with Crippen LogP contribution in [0.15, 0.2) is 0 Å². The Bertz CT molecular complexity index is 93.6.